The first-order valence-corrected chi connectivity index (χ1v) is 7.06. The number of amides is 1. The van der Waals surface area contributed by atoms with Crippen molar-refractivity contribution in [1.29, 1.82) is 0 Å². The molecule has 1 unspecified atom stereocenters. The van der Waals surface area contributed by atoms with Gasteiger partial charge in [-0.3, -0.25) is 9.59 Å². The number of hydrogen-bond donors (Lipinski definition) is 0. The lowest BCUT2D eigenvalue weighted by atomic mass is 9.99. The van der Waals surface area contributed by atoms with E-state index < -0.39 is 6.04 Å². The maximum absolute atomic E-state index is 12.9. The topological polar surface area (TPSA) is 50.5 Å². The van der Waals surface area contributed by atoms with Gasteiger partial charge in [0.1, 0.15) is 5.58 Å². The molecule has 1 amide bonds. The molecule has 4 nitrogen and oxygen atoms in total. The molecular formula is C18H13NO3. The van der Waals surface area contributed by atoms with E-state index in [2.05, 4.69) is 0 Å². The van der Waals surface area contributed by atoms with Crippen LogP contribution in [0.5, 0.6) is 0 Å². The van der Waals surface area contributed by atoms with Crippen LogP contribution in [0.25, 0.3) is 11.0 Å². The van der Waals surface area contributed by atoms with Crippen molar-refractivity contribution in [1.82, 2.24) is 4.90 Å². The first-order valence-electron chi connectivity index (χ1n) is 7.06. The molecule has 4 rings (SSSR count). The third-order valence-electron chi connectivity index (χ3n) is 4.12. The summed E-state index contributed by atoms with van der Waals surface area (Å²) in [6, 6.07) is 16.2. The summed E-state index contributed by atoms with van der Waals surface area (Å²) in [4.78, 5) is 26.9. The minimum Gasteiger partial charge on any atom is -0.450 e. The fourth-order valence-corrected chi connectivity index (χ4v) is 3.06. The normalized spacial score (nSPS) is 17.0. The van der Waals surface area contributed by atoms with Crippen LogP contribution in [0.2, 0.25) is 0 Å². The Morgan fingerprint density at radius 2 is 1.64 bits per heavy atom. The lowest BCUT2D eigenvalue weighted by Gasteiger charge is -2.20. The maximum Gasteiger partial charge on any atom is 0.290 e. The van der Waals surface area contributed by atoms with Crippen molar-refractivity contribution >= 4 is 16.9 Å². The molecule has 0 aliphatic carbocycles. The number of rotatable bonds is 1. The summed E-state index contributed by atoms with van der Waals surface area (Å²) in [5, 5.41) is 0.505. The second kappa shape index (κ2) is 4.56. The predicted molar refractivity (Wildman–Crippen MR) is 82.9 cm³/mol. The molecular weight excluding hydrogens is 278 g/mol. The molecule has 1 aromatic heterocycles. The van der Waals surface area contributed by atoms with E-state index >= 15 is 0 Å². The first kappa shape index (κ1) is 12.8. The molecule has 0 fully saturated rings. The van der Waals surface area contributed by atoms with Gasteiger partial charge in [-0.25, -0.2) is 0 Å². The number of carbonyl (C=O) groups is 1. The molecule has 4 heteroatoms. The Kier molecular flexibility index (Phi) is 2.66. The molecule has 0 bridgehead atoms. The second-order valence-corrected chi connectivity index (χ2v) is 5.40. The zero-order valence-corrected chi connectivity index (χ0v) is 11.9. The van der Waals surface area contributed by atoms with Gasteiger partial charge in [0.25, 0.3) is 5.91 Å². The van der Waals surface area contributed by atoms with Gasteiger partial charge in [0, 0.05) is 7.05 Å². The van der Waals surface area contributed by atoms with Crippen LogP contribution in [0.4, 0.5) is 0 Å². The fraction of sp³-hybridized carbons (Fsp3) is 0.111. The van der Waals surface area contributed by atoms with Crippen LogP contribution < -0.4 is 5.43 Å². The Bertz CT molecular complexity index is 943. The second-order valence-electron chi connectivity index (χ2n) is 5.40. The molecule has 0 saturated heterocycles. The zero-order chi connectivity index (χ0) is 15.3. The van der Waals surface area contributed by atoms with Crippen molar-refractivity contribution in [2.75, 3.05) is 7.05 Å². The van der Waals surface area contributed by atoms with Gasteiger partial charge in [0.15, 0.2) is 5.43 Å². The van der Waals surface area contributed by atoms with E-state index in [1.807, 2.05) is 30.3 Å². The highest BCUT2D eigenvalue weighted by molar-refractivity contribution is 5.98. The molecule has 1 aliphatic rings. The summed E-state index contributed by atoms with van der Waals surface area (Å²) in [5.41, 5.74) is 1.64. The van der Waals surface area contributed by atoms with Gasteiger partial charge in [-0.2, -0.15) is 0 Å². The molecule has 1 aliphatic heterocycles. The smallest absolute Gasteiger partial charge is 0.290 e. The number of nitrogens with zero attached hydrogens (tertiary/aromatic N) is 1. The van der Waals surface area contributed by atoms with Gasteiger partial charge < -0.3 is 9.32 Å². The van der Waals surface area contributed by atoms with Gasteiger partial charge >= 0.3 is 0 Å². The van der Waals surface area contributed by atoms with E-state index in [0.29, 0.717) is 16.5 Å². The Morgan fingerprint density at radius 1 is 0.955 bits per heavy atom. The van der Waals surface area contributed by atoms with E-state index in [0.717, 1.165) is 5.56 Å². The SMILES string of the molecule is CN1C(=O)c2oc3ccccc3c(=O)c2C1c1ccccc1. The van der Waals surface area contributed by atoms with Crippen LogP contribution in [0.3, 0.4) is 0 Å². The molecule has 1 atom stereocenters. The minimum atomic E-state index is -0.399. The van der Waals surface area contributed by atoms with Crippen LogP contribution in [-0.4, -0.2) is 17.9 Å². The summed E-state index contributed by atoms with van der Waals surface area (Å²) in [7, 11) is 1.69. The van der Waals surface area contributed by atoms with E-state index in [-0.39, 0.29) is 17.1 Å². The molecule has 108 valence electrons. The minimum absolute atomic E-state index is 0.136. The molecule has 22 heavy (non-hydrogen) atoms. The predicted octanol–water partition coefficient (Wildman–Crippen LogP) is 2.97. The van der Waals surface area contributed by atoms with Crippen LogP contribution in [0, 0.1) is 0 Å². The van der Waals surface area contributed by atoms with Crippen molar-refractivity contribution in [3.63, 3.8) is 0 Å². The van der Waals surface area contributed by atoms with Crippen LogP contribution in [0.1, 0.15) is 27.7 Å². The molecule has 0 spiro atoms. The van der Waals surface area contributed by atoms with Gasteiger partial charge in [-0.05, 0) is 17.7 Å². The molecule has 3 aromatic rings. The van der Waals surface area contributed by atoms with E-state index in [4.69, 9.17) is 4.42 Å². The van der Waals surface area contributed by atoms with Crippen LogP contribution in [-0.2, 0) is 0 Å². The molecule has 0 saturated carbocycles. The summed E-state index contributed by atoms with van der Waals surface area (Å²) in [6.45, 7) is 0. The molecule has 0 radical (unpaired) electrons. The summed E-state index contributed by atoms with van der Waals surface area (Å²) < 4.78 is 5.73. The average Bonchev–Trinajstić information content (AvgIpc) is 2.81. The van der Waals surface area contributed by atoms with Gasteiger partial charge in [0.05, 0.1) is 17.0 Å². The Hall–Kier alpha value is -2.88. The van der Waals surface area contributed by atoms with Crippen LogP contribution >= 0.6 is 0 Å². The number of fused-ring (bicyclic) bond motifs is 2. The van der Waals surface area contributed by atoms with Crippen molar-refractivity contribution in [2.24, 2.45) is 0 Å². The highest BCUT2D eigenvalue weighted by Crippen LogP contribution is 2.36. The summed E-state index contributed by atoms with van der Waals surface area (Å²) in [5.74, 6) is -0.105. The maximum atomic E-state index is 12.9. The van der Waals surface area contributed by atoms with E-state index in [9.17, 15) is 9.59 Å². The first-order chi connectivity index (χ1) is 10.7. The summed E-state index contributed by atoms with van der Waals surface area (Å²) >= 11 is 0. The lowest BCUT2D eigenvalue weighted by molar-refractivity contribution is 0.0771. The third-order valence-corrected chi connectivity index (χ3v) is 4.12. The highest BCUT2D eigenvalue weighted by Gasteiger charge is 2.40. The number of para-hydroxylation sites is 1. The lowest BCUT2D eigenvalue weighted by Crippen LogP contribution is -2.25. The van der Waals surface area contributed by atoms with E-state index in [1.54, 1.807) is 36.2 Å². The van der Waals surface area contributed by atoms with E-state index in [1.165, 1.54) is 0 Å². The van der Waals surface area contributed by atoms with Gasteiger partial charge in [0.2, 0.25) is 5.76 Å². The third kappa shape index (κ3) is 1.64. The van der Waals surface area contributed by atoms with Crippen molar-refractivity contribution in [2.45, 2.75) is 6.04 Å². The fourth-order valence-electron chi connectivity index (χ4n) is 3.06. The zero-order valence-electron chi connectivity index (χ0n) is 11.9. The Balaban J connectivity index is 2.06. The number of hydrogen-bond acceptors (Lipinski definition) is 3. The van der Waals surface area contributed by atoms with Crippen molar-refractivity contribution in [3.8, 4) is 0 Å². The highest BCUT2D eigenvalue weighted by atomic mass is 16.3. The van der Waals surface area contributed by atoms with Crippen molar-refractivity contribution in [3.05, 3.63) is 81.7 Å². The van der Waals surface area contributed by atoms with Crippen molar-refractivity contribution < 1.29 is 9.21 Å². The molecule has 2 heterocycles. The standard InChI is InChI=1S/C18H13NO3/c1-19-15(11-7-3-2-4-8-11)14-16(20)12-9-5-6-10-13(12)22-17(14)18(19)21/h2-10,15H,1H3. The van der Waals surface area contributed by atoms with Gasteiger partial charge in [-0.15, -0.1) is 0 Å². The largest absolute Gasteiger partial charge is 0.450 e. The monoisotopic (exact) mass is 291 g/mol. The Morgan fingerprint density at radius 3 is 2.41 bits per heavy atom. The number of benzene rings is 2. The van der Waals surface area contributed by atoms with Crippen LogP contribution in [0.15, 0.2) is 63.8 Å². The quantitative estimate of drug-likeness (QED) is 0.692. The average molecular weight is 291 g/mol. The molecule has 0 N–H and O–H groups in total. The number of carbonyl (C=O) groups excluding carboxylic acids is 1. The summed E-state index contributed by atoms with van der Waals surface area (Å²) in [6.07, 6.45) is 0. The van der Waals surface area contributed by atoms with Gasteiger partial charge in [-0.1, -0.05) is 42.5 Å². The Labute approximate surface area is 126 Å². The molecule has 2 aromatic carbocycles.